The van der Waals surface area contributed by atoms with E-state index in [1.54, 1.807) is 23.5 Å². The van der Waals surface area contributed by atoms with Gasteiger partial charge in [-0.1, -0.05) is 12.8 Å². The van der Waals surface area contributed by atoms with Crippen molar-refractivity contribution in [3.63, 3.8) is 0 Å². The lowest BCUT2D eigenvalue weighted by Gasteiger charge is -2.20. The van der Waals surface area contributed by atoms with Crippen molar-refractivity contribution in [2.75, 3.05) is 18.4 Å². The second-order valence-electron chi connectivity index (χ2n) is 7.29. The zero-order chi connectivity index (χ0) is 20.1. The molecule has 3 aromatic rings. The highest BCUT2D eigenvalue weighted by Gasteiger charge is 2.17. The molecule has 1 aromatic heterocycles. The number of aromatic nitrogens is 1. The van der Waals surface area contributed by atoms with E-state index in [4.69, 9.17) is 0 Å². The molecule has 1 aliphatic rings. The maximum Gasteiger partial charge on any atom is 0.253 e. The molecule has 0 bridgehead atoms. The van der Waals surface area contributed by atoms with Gasteiger partial charge in [-0.25, -0.2) is 9.37 Å². The van der Waals surface area contributed by atoms with Crippen LogP contribution in [0.3, 0.4) is 0 Å². The first-order valence-electron chi connectivity index (χ1n) is 10.0. The summed E-state index contributed by atoms with van der Waals surface area (Å²) in [5.41, 5.74) is 3.54. The highest BCUT2D eigenvalue weighted by atomic mass is 32.1. The number of hydrogen-bond acceptors (Lipinski definition) is 4. The van der Waals surface area contributed by atoms with E-state index in [-0.39, 0.29) is 11.7 Å². The van der Waals surface area contributed by atoms with Gasteiger partial charge < -0.3 is 10.2 Å². The summed E-state index contributed by atoms with van der Waals surface area (Å²) in [6.07, 6.45) is 4.62. The average molecular weight is 410 g/mol. The van der Waals surface area contributed by atoms with Crippen LogP contribution in [0.5, 0.6) is 0 Å². The van der Waals surface area contributed by atoms with Gasteiger partial charge in [-0.3, -0.25) is 4.79 Å². The number of rotatable bonds is 5. The molecule has 2 aromatic carbocycles. The van der Waals surface area contributed by atoms with Gasteiger partial charge >= 0.3 is 0 Å². The van der Waals surface area contributed by atoms with Crippen LogP contribution >= 0.6 is 11.3 Å². The van der Waals surface area contributed by atoms with Gasteiger partial charge in [-0.05, 0) is 61.4 Å². The van der Waals surface area contributed by atoms with Crippen molar-refractivity contribution >= 4 is 22.9 Å². The molecule has 6 heteroatoms. The number of carbonyl (C=O) groups excluding carboxylic acids is 1. The summed E-state index contributed by atoms with van der Waals surface area (Å²) in [4.78, 5) is 19.3. The van der Waals surface area contributed by atoms with Crippen LogP contribution < -0.4 is 5.32 Å². The van der Waals surface area contributed by atoms with Crippen LogP contribution in [-0.4, -0.2) is 28.9 Å². The lowest BCUT2D eigenvalue weighted by Crippen LogP contribution is -2.31. The van der Waals surface area contributed by atoms with Gasteiger partial charge in [0.2, 0.25) is 0 Å². The Hall–Kier alpha value is -2.73. The van der Waals surface area contributed by atoms with Crippen molar-refractivity contribution in [3.05, 3.63) is 71.0 Å². The average Bonchev–Trinajstić information content (AvgIpc) is 3.06. The fraction of sp³-hybridized carbons (Fsp3) is 0.304. The van der Waals surface area contributed by atoms with E-state index in [2.05, 4.69) is 10.3 Å². The highest BCUT2D eigenvalue weighted by molar-refractivity contribution is 7.13. The van der Waals surface area contributed by atoms with Crippen LogP contribution in [0.1, 0.15) is 41.7 Å². The number of halogens is 1. The monoisotopic (exact) mass is 409 g/mol. The Morgan fingerprint density at radius 3 is 2.38 bits per heavy atom. The molecule has 150 valence electrons. The van der Waals surface area contributed by atoms with E-state index in [1.165, 1.54) is 25.0 Å². The molecule has 0 atom stereocenters. The van der Waals surface area contributed by atoms with Crippen LogP contribution in [0.15, 0.2) is 53.9 Å². The first kappa shape index (κ1) is 19.6. The number of amides is 1. The number of thiazole rings is 1. The SMILES string of the molecule is O=C(c1ccc(NCc2csc(-c3ccc(F)cc3)n2)cc1)N1CCCCCC1. The molecule has 0 unspecified atom stereocenters. The number of anilines is 1. The lowest BCUT2D eigenvalue weighted by atomic mass is 10.1. The van der Waals surface area contributed by atoms with Crippen molar-refractivity contribution in [3.8, 4) is 10.6 Å². The molecule has 0 saturated carbocycles. The van der Waals surface area contributed by atoms with Crippen LogP contribution in [-0.2, 0) is 6.54 Å². The predicted molar refractivity (Wildman–Crippen MR) is 116 cm³/mol. The molecular weight excluding hydrogens is 385 g/mol. The maximum atomic E-state index is 13.1. The summed E-state index contributed by atoms with van der Waals surface area (Å²) in [5.74, 6) is -0.119. The Morgan fingerprint density at radius 2 is 1.69 bits per heavy atom. The Bertz CT molecular complexity index is 945. The van der Waals surface area contributed by atoms with Crippen LogP contribution in [0.25, 0.3) is 10.6 Å². The second-order valence-corrected chi connectivity index (χ2v) is 8.15. The topological polar surface area (TPSA) is 45.2 Å². The smallest absolute Gasteiger partial charge is 0.253 e. The molecule has 29 heavy (non-hydrogen) atoms. The molecule has 1 fully saturated rings. The fourth-order valence-corrected chi connectivity index (χ4v) is 4.32. The molecule has 0 aliphatic carbocycles. The van der Waals surface area contributed by atoms with E-state index in [0.29, 0.717) is 6.54 Å². The molecule has 4 rings (SSSR count). The summed E-state index contributed by atoms with van der Waals surface area (Å²) >= 11 is 1.54. The molecular formula is C23H24FN3OS. The minimum Gasteiger partial charge on any atom is -0.379 e. The number of nitrogens with zero attached hydrogens (tertiary/aromatic N) is 2. The zero-order valence-corrected chi connectivity index (χ0v) is 17.1. The third kappa shape index (κ3) is 5.01. The minimum atomic E-state index is -0.245. The Morgan fingerprint density at radius 1 is 1.00 bits per heavy atom. The minimum absolute atomic E-state index is 0.127. The standard InChI is InChI=1S/C23H24FN3OS/c24-19-9-5-17(6-10-19)22-26-21(16-29-22)15-25-20-11-7-18(8-12-20)23(28)27-13-3-1-2-4-14-27/h5-12,16,25H,1-4,13-15H2. The fourth-order valence-electron chi connectivity index (χ4n) is 3.49. The molecule has 2 heterocycles. The van der Waals surface area contributed by atoms with E-state index in [0.717, 1.165) is 53.4 Å². The molecule has 0 spiro atoms. The number of hydrogen-bond donors (Lipinski definition) is 1. The van der Waals surface area contributed by atoms with E-state index >= 15 is 0 Å². The summed E-state index contributed by atoms with van der Waals surface area (Å²) < 4.78 is 13.1. The van der Waals surface area contributed by atoms with Gasteiger partial charge in [0, 0.05) is 35.3 Å². The Balaban J connectivity index is 1.34. The van der Waals surface area contributed by atoms with Gasteiger partial charge in [-0.2, -0.15) is 0 Å². The first-order valence-corrected chi connectivity index (χ1v) is 10.9. The van der Waals surface area contributed by atoms with Crippen LogP contribution in [0, 0.1) is 5.82 Å². The van der Waals surface area contributed by atoms with E-state index < -0.39 is 0 Å². The summed E-state index contributed by atoms with van der Waals surface area (Å²) in [7, 11) is 0. The number of benzene rings is 2. The van der Waals surface area contributed by atoms with Gasteiger partial charge in [-0.15, -0.1) is 11.3 Å². The first-order chi connectivity index (χ1) is 14.2. The lowest BCUT2D eigenvalue weighted by molar-refractivity contribution is 0.0761. The quantitative estimate of drug-likeness (QED) is 0.598. The normalized spacial score (nSPS) is 14.4. The van der Waals surface area contributed by atoms with Gasteiger partial charge in [0.25, 0.3) is 5.91 Å². The third-order valence-electron chi connectivity index (χ3n) is 5.14. The molecule has 1 amide bonds. The highest BCUT2D eigenvalue weighted by Crippen LogP contribution is 2.24. The van der Waals surface area contributed by atoms with Crippen molar-refractivity contribution in [1.82, 2.24) is 9.88 Å². The Kier molecular flexibility index (Phi) is 6.20. The summed E-state index contributed by atoms with van der Waals surface area (Å²) in [6.45, 7) is 2.31. The molecule has 1 saturated heterocycles. The largest absolute Gasteiger partial charge is 0.379 e. The van der Waals surface area contributed by atoms with Crippen molar-refractivity contribution in [2.24, 2.45) is 0 Å². The number of carbonyl (C=O) groups is 1. The van der Waals surface area contributed by atoms with E-state index in [9.17, 15) is 9.18 Å². The Labute approximate surface area is 174 Å². The van der Waals surface area contributed by atoms with Crippen molar-refractivity contribution < 1.29 is 9.18 Å². The number of likely N-dealkylation sites (tertiary alicyclic amines) is 1. The zero-order valence-electron chi connectivity index (χ0n) is 16.2. The maximum absolute atomic E-state index is 13.1. The molecule has 4 nitrogen and oxygen atoms in total. The van der Waals surface area contributed by atoms with Gasteiger partial charge in [0.15, 0.2) is 0 Å². The van der Waals surface area contributed by atoms with Crippen LogP contribution in [0.4, 0.5) is 10.1 Å². The second kappa shape index (κ2) is 9.18. The van der Waals surface area contributed by atoms with E-state index in [1.807, 2.05) is 34.5 Å². The van der Waals surface area contributed by atoms with Crippen molar-refractivity contribution in [1.29, 1.82) is 0 Å². The third-order valence-corrected chi connectivity index (χ3v) is 6.08. The predicted octanol–water partition coefficient (Wildman–Crippen LogP) is 5.58. The van der Waals surface area contributed by atoms with Crippen molar-refractivity contribution in [2.45, 2.75) is 32.2 Å². The molecule has 1 N–H and O–H groups in total. The molecule has 0 radical (unpaired) electrons. The van der Waals surface area contributed by atoms with Gasteiger partial charge in [0.05, 0.1) is 12.2 Å². The summed E-state index contributed by atoms with van der Waals surface area (Å²) in [6, 6.07) is 14.0. The number of nitrogens with one attached hydrogen (secondary N) is 1. The van der Waals surface area contributed by atoms with Crippen LogP contribution in [0.2, 0.25) is 0 Å². The summed E-state index contributed by atoms with van der Waals surface area (Å²) in [5, 5.41) is 6.23. The molecule has 1 aliphatic heterocycles. The van der Waals surface area contributed by atoms with Gasteiger partial charge in [0.1, 0.15) is 10.8 Å².